The van der Waals surface area contributed by atoms with Crippen LogP contribution in [0.5, 0.6) is 0 Å². The molecule has 0 aliphatic carbocycles. The average molecular weight is 228 g/mol. The lowest BCUT2D eigenvalue weighted by molar-refractivity contribution is 0.256. The summed E-state index contributed by atoms with van der Waals surface area (Å²) in [5.74, 6) is 0. The van der Waals surface area contributed by atoms with Crippen LogP contribution >= 0.6 is 0 Å². The number of rotatable bonds is 11. The highest BCUT2D eigenvalue weighted by atomic mass is 15.1. The predicted molar refractivity (Wildman–Crippen MR) is 73.8 cm³/mol. The van der Waals surface area contributed by atoms with E-state index in [0.717, 1.165) is 6.54 Å². The van der Waals surface area contributed by atoms with Gasteiger partial charge in [0.2, 0.25) is 0 Å². The van der Waals surface area contributed by atoms with Gasteiger partial charge in [-0.1, -0.05) is 51.9 Å². The first-order chi connectivity index (χ1) is 7.72. The third-order valence-corrected chi connectivity index (χ3v) is 3.46. The van der Waals surface area contributed by atoms with E-state index in [-0.39, 0.29) is 0 Å². The Labute approximate surface area is 103 Å². The molecule has 0 saturated carbocycles. The van der Waals surface area contributed by atoms with Crippen LogP contribution in [0.2, 0.25) is 0 Å². The van der Waals surface area contributed by atoms with E-state index in [2.05, 4.69) is 25.8 Å². The maximum Gasteiger partial charge on any atom is 0.0187 e. The molecule has 2 N–H and O–H groups in total. The molecule has 0 bridgehead atoms. The summed E-state index contributed by atoms with van der Waals surface area (Å²) in [6.07, 6.45) is 11.2. The summed E-state index contributed by atoms with van der Waals surface area (Å²) in [4.78, 5) is 2.37. The van der Waals surface area contributed by atoms with Crippen LogP contribution in [0, 0.1) is 0 Å². The Balaban J connectivity index is 3.14. The van der Waals surface area contributed by atoms with Gasteiger partial charge in [-0.3, -0.25) is 0 Å². The number of hydrogen-bond donors (Lipinski definition) is 1. The van der Waals surface area contributed by atoms with Crippen molar-refractivity contribution in [2.75, 3.05) is 20.1 Å². The number of hydrogen-bond acceptors (Lipinski definition) is 2. The van der Waals surface area contributed by atoms with E-state index in [1.807, 2.05) is 0 Å². The summed E-state index contributed by atoms with van der Waals surface area (Å²) in [5, 5.41) is 0. The minimum atomic E-state index is 0.532. The summed E-state index contributed by atoms with van der Waals surface area (Å²) in [7, 11) is 2.18. The molecule has 0 aromatic heterocycles. The molecule has 98 valence electrons. The van der Waals surface area contributed by atoms with Crippen LogP contribution in [-0.4, -0.2) is 31.1 Å². The van der Waals surface area contributed by atoms with Crippen molar-refractivity contribution in [1.29, 1.82) is 0 Å². The molecule has 0 aliphatic rings. The van der Waals surface area contributed by atoms with Gasteiger partial charge < -0.3 is 10.6 Å². The molecule has 0 amide bonds. The zero-order chi connectivity index (χ0) is 12.2. The normalized spacial score (nSPS) is 13.3. The van der Waals surface area contributed by atoms with Gasteiger partial charge in [0.15, 0.2) is 0 Å². The molecule has 16 heavy (non-hydrogen) atoms. The van der Waals surface area contributed by atoms with Crippen LogP contribution in [0.4, 0.5) is 0 Å². The van der Waals surface area contributed by atoms with Crippen molar-refractivity contribution in [2.45, 2.75) is 71.3 Å². The highest BCUT2D eigenvalue weighted by molar-refractivity contribution is 4.63. The topological polar surface area (TPSA) is 29.3 Å². The fourth-order valence-electron chi connectivity index (χ4n) is 1.90. The van der Waals surface area contributed by atoms with E-state index in [1.54, 1.807) is 0 Å². The lowest BCUT2D eigenvalue weighted by Crippen LogP contribution is -2.35. The van der Waals surface area contributed by atoms with Crippen molar-refractivity contribution >= 4 is 0 Å². The number of likely N-dealkylation sites (N-methyl/N-ethyl adjacent to an activating group) is 1. The van der Waals surface area contributed by atoms with Gasteiger partial charge >= 0.3 is 0 Å². The summed E-state index contributed by atoms with van der Waals surface area (Å²) < 4.78 is 0. The highest BCUT2D eigenvalue weighted by Gasteiger charge is 2.05. The first-order valence-corrected chi connectivity index (χ1v) is 7.12. The van der Waals surface area contributed by atoms with Crippen molar-refractivity contribution < 1.29 is 0 Å². The minimum Gasteiger partial charge on any atom is -0.329 e. The Hall–Kier alpha value is -0.0800. The SMILES string of the molecule is CCCCCCCCCCN(C)C(C)CN. The molecule has 2 nitrogen and oxygen atoms in total. The van der Waals surface area contributed by atoms with Crippen molar-refractivity contribution in [3.63, 3.8) is 0 Å². The Bertz CT molecular complexity index is 137. The molecule has 0 fully saturated rings. The van der Waals surface area contributed by atoms with Crippen molar-refractivity contribution in [1.82, 2.24) is 4.90 Å². The molecule has 2 heteroatoms. The second-order valence-corrected chi connectivity index (χ2v) is 5.04. The summed E-state index contributed by atoms with van der Waals surface area (Å²) in [6.45, 7) is 6.44. The summed E-state index contributed by atoms with van der Waals surface area (Å²) >= 11 is 0. The van der Waals surface area contributed by atoms with Gasteiger partial charge in [0, 0.05) is 12.6 Å². The Morgan fingerprint density at radius 2 is 1.44 bits per heavy atom. The molecule has 0 aliphatic heterocycles. The molecule has 0 heterocycles. The van der Waals surface area contributed by atoms with Crippen LogP contribution in [0.25, 0.3) is 0 Å². The number of unbranched alkanes of at least 4 members (excludes halogenated alkanes) is 7. The van der Waals surface area contributed by atoms with Crippen molar-refractivity contribution in [3.8, 4) is 0 Å². The average Bonchev–Trinajstić information content (AvgIpc) is 2.31. The number of nitrogens with zero attached hydrogens (tertiary/aromatic N) is 1. The number of nitrogens with two attached hydrogens (primary N) is 1. The van der Waals surface area contributed by atoms with E-state index in [0.29, 0.717) is 6.04 Å². The third-order valence-electron chi connectivity index (χ3n) is 3.46. The molecule has 1 atom stereocenters. The maximum absolute atomic E-state index is 5.63. The standard InChI is InChI=1S/C14H32N2/c1-4-5-6-7-8-9-10-11-12-16(3)14(2)13-15/h14H,4-13,15H2,1-3H3. The lowest BCUT2D eigenvalue weighted by atomic mass is 10.1. The molecule has 0 saturated heterocycles. The Morgan fingerprint density at radius 1 is 0.938 bits per heavy atom. The largest absolute Gasteiger partial charge is 0.329 e. The van der Waals surface area contributed by atoms with E-state index in [9.17, 15) is 0 Å². The molecule has 0 radical (unpaired) electrons. The smallest absolute Gasteiger partial charge is 0.0187 e. The minimum absolute atomic E-state index is 0.532. The van der Waals surface area contributed by atoms with Crippen LogP contribution in [0.1, 0.15) is 65.2 Å². The molecule has 1 unspecified atom stereocenters. The fraction of sp³-hybridized carbons (Fsp3) is 1.00. The van der Waals surface area contributed by atoms with Gasteiger partial charge in [-0.25, -0.2) is 0 Å². The second kappa shape index (κ2) is 11.4. The monoisotopic (exact) mass is 228 g/mol. The zero-order valence-corrected chi connectivity index (χ0v) is 11.7. The van der Waals surface area contributed by atoms with E-state index in [4.69, 9.17) is 5.73 Å². The van der Waals surface area contributed by atoms with Gasteiger partial charge in [0.05, 0.1) is 0 Å². The van der Waals surface area contributed by atoms with Gasteiger partial charge in [-0.15, -0.1) is 0 Å². The maximum atomic E-state index is 5.63. The molecular weight excluding hydrogens is 196 g/mol. The molecular formula is C14H32N2. The van der Waals surface area contributed by atoms with Crippen LogP contribution < -0.4 is 5.73 Å². The molecule has 0 rings (SSSR count). The molecule has 0 aromatic carbocycles. The van der Waals surface area contributed by atoms with Gasteiger partial charge in [-0.2, -0.15) is 0 Å². The summed E-state index contributed by atoms with van der Waals surface area (Å²) in [5.41, 5.74) is 5.63. The predicted octanol–water partition coefficient (Wildman–Crippen LogP) is 3.41. The first-order valence-electron chi connectivity index (χ1n) is 7.12. The zero-order valence-electron chi connectivity index (χ0n) is 11.7. The lowest BCUT2D eigenvalue weighted by Gasteiger charge is -2.22. The first kappa shape index (κ1) is 15.9. The van der Waals surface area contributed by atoms with Gasteiger partial charge in [-0.05, 0) is 26.9 Å². The van der Waals surface area contributed by atoms with E-state index in [1.165, 1.54) is 57.9 Å². The molecule has 0 aromatic rings. The quantitative estimate of drug-likeness (QED) is 0.549. The van der Waals surface area contributed by atoms with E-state index < -0.39 is 0 Å². The van der Waals surface area contributed by atoms with Crippen LogP contribution in [0.15, 0.2) is 0 Å². The van der Waals surface area contributed by atoms with Gasteiger partial charge in [0.1, 0.15) is 0 Å². The van der Waals surface area contributed by atoms with Gasteiger partial charge in [0.25, 0.3) is 0 Å². The summed E-state index contributed by atoms with van der Waals surface area (Å²) in [6, 6.07) is 0.532. The highest BCUT2D eigenvalue weighted by Crippen LogP contribution is 2.09. The van der Waals surface area contributed by atoms with Crippen molar-refractivity contribution in [3.05, 3.63) is 0 Å². The third kappa shape index (κ3) is 9.17. The van der Waals surface area contributed by atoms with Crippen molar-refractivity contribution in [2.24, 2.45) is 5.73 Å². The molecule has 0 spiro atoms. The Morgan fingerprint density at radius 3 is 1.94 bits per heavy atom. The second-order valence-electron chi connectivity index (χ2n) is 5.04. The fourth-order valence-corrected chi connectivity index (χ4v) is 1.90. The Kier molecular flexibility index (Phi) is 11.3. The van der Waals surface area contributed by atoms with E-state index >= 15 is 0 Å². The van der Waals surface area contributed by atoms with Crippen LogP contribution in [0.3, 0.4) is 0 Å². The van der Waals surface area contributed by atoms with Crippen LogP contribution in [-0.2, 0) is 0 Å².